The molecule has 3 rings (SSSR count). The lowest BCUT2D eigenvalue weighted by molar-refractivity contribution is 0.211. The largest absolute Gasteiger partial charge is 0.497 e. The lowest BCUT2D eigenvalue weighted by Gasteiger charge is -2.08. The summed E-state index contributed by atoms with van der Waals surface area (Å²) in [5, 5.41) is 10.4. The Hall–Kier alpha value is -2.53. The van der Waals surface area contributed by atoms with E-state index in [2.05, 4.69) is 9.97 Å². The van der Waals surface area contributed by atoms with Crippen molar-refractivity contribution >= 4 is 11.0 Å². The van der Waals surface area contributed by atoms with Gasteiger partial charge in [0.2, 0.25) is 0 Å². The Morgan fingerprint density at radius 1 is 1.00 bits per heavy atom. The third-order valence-electron chi connectivity index (χ3n) is 3.40. The fourth-order valence-electron chi connectivity index (χ4n) is 2.21. The number of benzene rings is 2. The van der Waals surface area contributed by atoms with E-state index < -0.39 is 6.10 Å². The number of ether oxygens (including phenoxy) is 2. The molecule has 0 amide bonds. The molecule has 1 atom stereocenters. The average molecular weight is 284 g/mol. The molecule has 3 aromatic rings. The van der Waals surface area contributed by atoms with E-state index in [-0.39, 0.29) is 0 Å². The summed E-state index contributed by atoms with van der Waals surface area (Å²) in [6.45, 7) is 0. The Kier molecular flexibility index (Phi) is 3.50. The number of fused-ring (bicyclic) bond motifs is 1. The molecule has 0 aliphatic heterocycles. The summed E-state index contributed by atoms with van der Waals surface area (Å²) in [6.07, 6.45) is -0.811. The van der Waals surface area contributed by atoms with Crippen molar-refractivity contribution < 1.29 is 14.6 Å². The van der Waals surface area contributed by atoms with E-state index >= 15 is 0 Å². The Balaban J connectivity index is 1.94. The molecule has 5 nitrogen and oxygen atoms in total. The third-order valence-corrected chi connectivity index (χ3v) is 3.40. The Morgan fingerprint density at radius 2 is 1.67 bits per heavy atom. The molecule has 1 unspecified atom stereocenters. The number of aromatic nitrogens is 2. The van der Waals surface area contributed by atoms with E-state index in [1.54, 1.807) is 14.2 Å². The fraction of sp³-hybridized carbons (Fsp3) is 0.188. The van der Waals surface area contributed by atoms with Crippen molar-refractivity contribution in [1.29, 1.82) is 0 Å². The van der Waals surface area contributed by atoms with Crippen molar-refractivity contribution in [2.24, 2.45) is 0 Å². The van der Waals surface area contributed by atoms with E-state index in [1.165, 1.54) is 0 Å². The maximum absolute atomic E-state index is 10.4. The van der Waals surface area contributed by atoms with Gasteiger partial charge in [-0.25, -0.2) is 4.98 Å². The number of hydrogen-bond acceptors (Lipinski definition) is 4. The van der Waals surface area contributed by atoms with Crippen molar-refractivity contribution in [2.75, 3.05) is 14.2 Å². The number of hydrogen-bond donors (Lipinski definition) is 2. The first-order valence-corrected chi connectivity index (χ1v) is 6.57. The minimum absolute atomic E-state index is 0.503. The number of methoxy groups -OCH3 is 2. The Labute approximate surface area is 122 Å². The SMILES string of the molecule is COc1ccc(C(O)c2nc3cc(OC)ccc3[nH]2)cc1. The van der Waals surface area contributed by atoms with E-state index in [9.17, 15) is 5.11 Å². The zero-order valence-electron chi connectivity index (χ0n) is 11.8. The normalized spacial score (nSPS) is 12.3. The molecular formula is C16H16N2O3. The summed E-state index contributed by atoms with van der Waals surface area (Å²) in [7, 11) is 3.22. The average Bonchev–Trinajstić information content (AvgIpc) is 2.97. The van der Waals surface area contributed by atoms with Gasteiger partial charge in [-0.2, -0.15) is 0 Å². The van der Waals surface area contributed by atoms with Crippen LogP contribution in [0.1, 0.15) is 17.5 Å². The number of rotatable bonds is 4. The molecule has 0 aliphatic rings. The van der Waals surface area contributed by atoms with Gasteiger partial charge in [-0.15, -0.1) is 0 Å². The van der Waals surface area contributed by atoms with Gasteiger partial charge in [0.15, 0.2) is 0 Å². The van der Waals surface area contributed by atoms with E-state index in [0.29, 0.717) is 5.82 Å². The van der Waals surface area contributed by atoms with Crippen LogP contribution in [-0.4, -0.2) is 29.3 Å². The minimum atomic E-state index is -0.811. The number of nitrogens with one attached hydrogen (secondary N) is 1. The van der Waals surface area contributed by atoms with Crippen LogP contribution < -0.4 is 9.47 Å². The lowest BCUT2D eigenvalue weighted by Crippen LogP contribution is -2.01. The van der Waals surface area contributed by atoms with Crippen molar-refractivity contribution in [1.82, 2.24) is 9.97 Å². The second kappa shape index (κ2) is 5.46. The molecule has 108 valence electrons. The van der Waals surface area contributed by atoms with Gasteiger partial charge in [-0.1, -0.05) is 12.1 Å². The highest BCUT2D eigenvalue weighted by Gasteiger charge is 2.15. The molecule has 0 aliphatic carbocycles. The lowest BCUT2D eigenvalue weighted by atomic mass is 10.1. The maximum Gasteiger partial charge on any atom is 0.140 e. The van der Waals surface area contributed by atoms with Gasteiger partial charge in [0, 0.05) is 6.07 Å². The number of nitrogens with zero attached hydrogens (tertiary/aromatic N) is 1. The smallest absolute Gasteiger partial charge is 0.140 e. The summed E-state index contributed by atoms with van der Waals surface area (Å²) < 4.78 is 10.3. The fourth-order valence-corrected chi connectivity index (χ4v) is 2.21. The molecule has 21 heavy (non-hydrogen) atoms. The van der Waals surface area contributed by atoms with Crippen molar-refractivity contribution in [2.45, 2.75) is 6.10 Å². The first-order valence-electron chi connectivity index (χ1n) is 6.57. The molecule has 5 heteroatoms. The number of aromatic amines is 1. The molecule has 0 fully saturated rings. The summed E-state index contributed by atoms with van der Waals surface area (Å²) in [5.74, 6) is 1.99. The van der Waals surface area contributed by atoms with Crippen LogP contribution in [0.5, 0.6) is 11.5 Å². The van der Waals surface area contributed by atoms with Crippen LogP contribution in [0.2, 0.25) is 0 Å². The monoisotopic (exact) mass is 284 g/mol. The van der Waals surface area contributed by atoms with Crippen LogP contribution in [-0.2, 0) is 0 Å². The molecule has 0 radical (unpaired) electrons. The molecule has 0 bridgehead atoms. The standard InChI is InChI=1S/C16H16N2O3/c1-20-11-5-3-10(4-6-11)15(19)16-17-13-8-7-12(21-2)9-14(13)18-16/h3-9,15,19H,1-2H3,(H,17,18). The first kappa shape index (κ1) is 13.5. The molecule has 2 aromatic carbocycles. The number of aliphatic hydroxyl groups is 1. The molecule has 0 saturated heterocycles. The summed E-state index contributed by atoms with van der Waals surface area (Å²) in [6, 6.07) is 12.8. The molecule has 2 N–H and O–H groups in total. The zero-order valence-corrected chi connectivity index (χ0v) is 11.8. The maximum atomic E-state index is 10.4. The van der Waals surface area contributed by atoms with Gasteiger partial charge in [0.25, 0.3) is 0 Å². The van der Waals surface area contributed by atoms with Gasteiger partial charge in [0.1, 0.15) is 23.4 Å². The predicted octanol–water partition coefficient (Wildman–Crippen LogP) is 2.66. The van der Waals surface area contributed by atoms with E-state index in [0.717, 1.165) is 28.1 Å². The highest BCUT2D eigenvalue weighted by atomic mass is 16.5. The number of H-pyrrole nitrogens is 1. The summed E-state index contributed by atoms with van der Waals surface area (Å²) >= 11 is 0. The third kappa shape index (κ3) is 2.55. The minimum Gasteiger partial charge on any atom is -0.497 e. The van der Waals surface area contributed by atoms with Crippen LogP contribution >= 0.6 is 0 Å². The second-order valence-corrected chi connectivity index (χ2v) is 4.68. The van der Waals surface area contributed by atoms with Crippen LogP contribution in [0.25, 0.3) is 11.0 Å². The van der Waals surface area contributed by atoms with Crippen molar-refractivity contribution in [3.63, 3.8) is 0 Å². The first-order chi connectivity index (χ1) is 10.2. The van der Waals surface area contributed by atoms with Crippen LogP contribution in [0, 0.1) is 0 Å². The summed E-state index contributed by atoms with van der Waals surface area (Å²) in [4.78, 5) is 7.55. The highest BCUT2D eigenvalue weighted by molar-refractivity contribution is 5.77. The zero-order chi connectivity index (χ0) is 14.8. The van der Waals surface area contributed by atoms with Crippen LogP contribution in [0.3, 0.4) is 0 Å². The van der Waals surface area contributed by atoms with Crippen LogP contribution in [0.4, 0.5) is 0 Å². The van der Waals surface area contributed by atoms with E-state index in [1.807, 2.05) is 42.5 Å². The Morgan fingerprint density at radius 3 is 2.33 bits per heavy atom. The van der Waals surface area contributed by atoms with Gasteiger partial charge < -0.3 is 19.6 Å². The van der Waals surface area contributed by atoms with Crippen LogP contribution in [0.15, 0.2) is 42.5 Å². The van der Waals surface area contributed by atoms with Gasteiger partial charge in [0.05, 0.1) is 25.3 Å². The number of aliphatic hydroxyl groups excluding tert-OH is 1. The van der Waals surface area contributed by atoms with Crippen molar-refractivity contribution in [3.8, 4) is 11.5 Å². The molecule has 1 aromatic heterocycles. The van der Waals surface area contributed by atoms with Gasteiger partial charge in [-0.05, 0) is 29.8 Å². The summed E-state index contributed by atoms with van der Waals surface area (Å²) in [5.41, 5.74) is 2.37. The Bertz CT molecular complexity index is 750. The molecule has 0 saturated carbocycles. The van der Waals surface area contributed by atoms with Gasteiger partial charge >= 0.3 is 0 Å². The predicted molar refractivity (Wildman–Crippen MR) is 79.7 cm³/mol. The molecule has 0 spiro atoms. The highest BCUT2D eigenvalue weighted by Crippen LogP contribution is 2.25. The molecule has 1 heterocycles. The second-order valence-electron chi connectivity index (χ2n) is 4.68. The quantitative estimate of drug-likeness (QED) is 0.773. The number of imidazole rings is 1. The van der Waals surface area contributed by atoms with Gasteiger partial charge in [-0.3, -0.25) is 0 Å². The molecular weight excluding hydrogens is 268 g/mol. The van der Waals surface area contributed by atoms with Crippen molar-refractivity contribution in [3.05, 3.63) is 53.9 Å². The topological polar surface area (TPSA) is 67.4 Å². The van der Waals surface area contributed by atoms with E-state index in [4.69, 9.17) is 9.47 Å².